The fourth-order valence-electron chi connectivity index (χ4n) is 2.62. The molecule has 0 saturated heterocycles. The third-order valence-corrected chi connectivity index (χ3v) is 4.59. The largest absolute Gasteiger partial charge is 0.463 e. The van der Waals surface area contributed by atoms with Crippen LogP contribution >= 0.6 is 15.9 Å². The summed E-state index contributed by atoms with van der Waals surface area (Å²) in [6.07, 6.45) is -2.67. The Bertz CT molecular complexity index is 716. The van der Waals surface area contributed by atoms with E-state index in [1.807, 2.05) is 0 Å². The highest BCUT2D eigenvalue weighted by atomic mass is 79.9. The van der Waals surface area contributed by atoms with Crippen molar-refractivity contribution in [3.05, 3.63) is 45.4 Å². The number of amides is 1. The third-order valence-electron chi connectivity index (χ3n) is 3.90. The fraction of sp³-hybridized carbons (Fsp3) is 0.412. The van der Waals surface area contributed by atoms with Crippen LogP contribution in [0.4, 0.5) is 13.2 Å². The predicted octanol–water partition coefficient (Wildman–Crippen LogP) is 4.19. The van der Waals surface area contributed by atoms with E-state index in [-0.39, 0.29) is 29.2 Å². The maximum atomic E-state index is 13.0. The fourth-order valence-corrected chi connectivity index (χ4v) is 3.09. The lowest BCUT2D eigenvalue weighted by Crippen LogP contribution is -2.42. The molecule has 1 unspecified atom stereocenters. The molecule has 25 heavy (non-hydrogen) atoms. The smallest absolute Gasteiger partial charge is 0.417 e. The molecule has 1 aromatic rings. The van der Waals surface area contributed by atoms with Crippen molar-refractivity contribution in [2.24, 2.45) is 0 Å². The van der Waals surface area contributed by atoms with Gasteiger partial charge >= 0.3 is 12.1 Å². The number of alkyl halides is 3. The number of carbonyl (C=O) groups excluding carboxylic acids is 2. The Hall–Kier alpha value is -1.83. The van der Waals surface area contributed by atoms with E-state index in [1.165, 1.54) is 17.0 Å². The van der Waals surface area contributed by atoms with Crippen LogP contribution in [0.25, 0.3) is 0 Å². The molecule has 136 valence electrons. The second-order valence-corrected chi connectivity index (χ2v) is 6.51. The normalized spacial score (nSPS) is 17.9. The van der Waals surface area contributed by atoms with Gasteiger partial charge in [0.25, 0.3) is 5.91 Å². The summed E-state index contributed by atoms with van der Waals surface area (Å²) in [6, 6.07) is 3.07. The second kappa shape index (κ2) is 7.59. The van der Waals surface area contributed by atoms with Crippen molar-refractivity contribution in [1.82, 2.24) is 4.90 Å². The summed E-state index contributed by atoms with van der Waals surface area (Å²) in [5.41, 5.74) is -0.466. The predicted molar refractivity (Wildman–Crippen MR) is 89.0 cm³/mol. The van der Waals surface area contributed by atoms with Gasteiger partial charge < -0.3 is 9.64 Å². The van der Waals surface area contributed by atoms with Crippen LogP contribution in [-0.2, 0) is 15.7 Å². The molecule has 2 rings (SSSR count). The zero-order valence-corrected chi connectivity index (χ0v) is 15.3. The van der Waals surface area contributed by atoms with Crippen LogP contribution in [0.2, 0.25) is 0 Å². The highest BCUT2D eigenvalue weighted by Gasteiger charge is 2.35. The molecule has 8 heteroatoms. The van der Waals surface area contributed by atoms with Crippen molar-refractivity contribution in [2.45, 2.75) is 32.5 Å². The average molecular weight is 420 g/mol. The van der Waals surface area contributed by atoms with Crippen molar-refractivity contribution in [3.8, 4) is 0 Å². The lowest BCUT2D eigenvalue weighted by molar-refractivity contribution is -0.139. The maximum absolute atomic E-state index is 13.0. The number of ether oxygens (including phenoxy) is 1. The van der Waals surface area contributed by atoms with Gasteiger partial charge in [-0.3, -0.25) is 4.79 Å². The highest BCUT2D eigenvalue weighted by molar-refractivity contribution is 9.10. The van der Waals surface area contributed by atoms with E-state index >= 15 is 0 Å². The molecule has 0 spiro atoms. The van der Waals surface area contributed by atoms with Crippen LogP contribution in [0.1, 0.15) is 36.2 Å². The second-order valence-electron chi connectivity index (χ2n) is 5.65. The number of esters is 1. The number of rotatable bonds is 3. The molecular formula is C17H17BrF3NO3. The van der Waals surface area contributed by atoms with Crippen LogP contribution in [0.3, 0.4) is 0 Å². The summed E-state index contributed by atoms with van der Waals surface area (Å²) in [5.74, 6) is -0.936. The molecule has 0 radical (unpaired) electrons. The van der Waals surface area contributed by atoms with Crippen molar-refractivity contribution in [3.63, 3.8) is 0 Å². The SMILES string of the molecule is CCOC(=O)C1=CCN(C(=O)c2ccc(Br)c(C(F)(F)F)c2)C(C)C1. The number of hydrogen-bond acceptors (Lipinski definition) is 3. The maximum Gasteiger partial charge on any atom is 0.417 e. The molecule has 4 nitrogen and oxygen atoms in total. The quantitative estimate of drug-likeness (QED) is 0.690. The van der Waals surface area contributed by atoms with Crippen LogP contribution in [0.15, 0.2) is 34.3 Å². The number of halogens is 4. The van der Waals surface area contributed by atoms with Gasteiger partial charge in [0.1, 0.15) is 0 Å². The molecule has 0 saturated carbocycles. The van der Waals surface area contributed by atoms with Gasteiger partial charge in [0.15, 0.2) is 0 Å². The molecule has 1 aromatic carbocycles. The Balaban J connectivity index is 2.23. The third kappa shape index (κ3) is 4.42. The van der Waals surface area contributed by atoms with E-state index in [2.05, 4.69) is 15.9 Å². The topological polar surface area (TPSA) is 46.6 Å². The molecule has 0 N–H and O–H groups in total. The molecule has 0 aliphatic carbocycles. The summed E-state index contributed by atoms with van der Waals surface area (Å²) in [7, 11) is 0. The minimum atomic E-state index is -4.56. The lowest BCUT2D eigenvalue weighted by atomic mass is 10.00. The summed E-state index contributed by atoms with van der Waals surface area (Å²) >= 11 is 2.86. The van der Waals surface area contributed by atoms with Gasteiger partial charge in [-0.1, -0.05) is 22.0 Å². The van der Waals surface area contributed by atoms with Gasteiger partial charge in [-0.25, -0.2) is 4.79 Å². The first-order valence-electron chi connectivity index (χ1n) is 7.69. The van der Waals surface area contributed by atoms with Crippen LogP contribution < -0.4 is 0 Å². The molecular weight excluding hydrogens is 403 g/mol. The molecule has 0 bridgehead atoms. The van der Waals surface area contributed by atoms with Crippen molar-refractivity contribution < 1.29 is 27.5 Å². The highest BCUT2D eigenvalue weighted by Crippen LogP contribution is 2.35. The van der Waals surface area contributed by atoms with E-state index in [4.69, 9.17) is 4.74 Å². The van der Waals surface area contributed by atoms with E-state index in [1.54, 1.807) is 19.9 Å². The standard InChI is InChI=1S/C17H17BrF3NO3/c1-3-25-16(24)12-6-7-22(10(2)8-12)15(23)11-4-5-14(18)13(9-11)17(19,20)21/h4-6,9-10H,3,7-8H2,1-2H3. The number of hydrogen-bond donors (Lipinski definition) is 0. The number of carbonyl (C=O) groups is 2. The Morgan fingerprint density at radius 3 is 2.60 bits per heavy atom. The first-order chi connectivity index (χ1) is 11.6. The minimum Gasteiger partial charge on any atom is -0.463 e. The van der Waals surface area contributed by atoms with Crippen LogP contribution in [-0.4, -0.2) is 36.0 Å². The average Bonchev–Trinajstić information content (AvgIpc) is 2.53. The first kappa shape index (κ1) is 19.5. The summed E-state index contributed by atoms with van der Waals surface area (Å²) in [5, 5.41) is 0. The van der Waals surface area contributed by atoms with Gasteiger partial charge in [0.2, 0.25) is 0 Å². The monoisotopic (exact) mass is 419 g/mol. The summed E-state index contributed by atoms with van der Waals surface area (Å²) in [6.45, 7) is 3.85. The summed E-state index contributed by atoms with van der Waals surface area (Å²) < 4.78 is 43.8. The van der Waals surface area contributed by atoms with E-state index in [0.717, 1.165) is 6.07 Å². The molecule has 1 atom stereocenters. The molecule has 1 amide bonds. The van der Waals surface area contributed by atoms with Crippen LogP contribution in [0.5, 0.6) is 0 Å². The first-order valence-corrected chi connectivity index (χ1v) is 8.48. The molecule has 0 fully saturated rings. The van der Waals surface area contributed by atoms with Crippen molar-refractivity contribution in [2.75, 3.05) is 13.2 Å². The summed E-state index contributed by atoms with van der Waals surface area (Å²) in [4.78, 5) is 25.8. The Morgan fingerprint density at radius 2 is 2.04 bits per heavy atom. The van der Waals surface area contributed by atoms with Gasteiger partial charge in [0.05, 0.1) is 12.2 Å². The van der Waals surface area contributed by atoms with Crippen LogP contribution in [0, 0.1) is 0 Å². The van der Waals surface area contributed by atoms with Crippen molar-refractivity contribution >= 4 is 27.8 Å². The Kier molecular flexibility index (Phi) is 5.92. The molecule has 1 heterocycles. The molecule has 0 aromatic heterocycles. The molecule has 1 aliphatic heterocycles. The van der Waals surface area contributed by atoms with Gasteiger partial charge in [-0.05, 0) is 38.5 Å². The zero-order chi connectivity index (χ0) is 18.8. The minimum absolute atomic E-state index is 0.0460. The number of nitrogens with zero attached hydrogens (tertiary/aromatic N) is 1. The number of benzene rings is 1. The van der Waals surface area contributed by atoms with Gasteiger partial charge in [0, 0.05) is 28.2 Å². The zero-order valence-electron chi connectivity index (χ0n) is 13.7. The lowest BCUT2D eigenvalue weighted by Gasteiger charge is -2.32. The van der Waals surface area contributed by atoms with E-state index in [0.29, 0.717) is 12.0 Å². The Morgan fingerprint density at radius 1 is 1.36 bits per heavy atom. The van der Waals surface area contributed by atoms with Crippen molar-refractivity contribution in [1.29, 1.82) is 0 Å². The van der Waals surface area contributed by atoms with E-state index in [9.17, 15) is 22.8 Å². The Labute approximate surface area is 151 Å². The van der Waals surface area contributed by atoms with E-state index < -0.39 is 23.6 Å². The van der Waals surface area contributed by atoms with Gasteiger partial charge in [-0.15, -0.1) is 0 Å². The van der Waals surface area contributed by atoms with Gasteiger partial charge in [-0.2, -0.15) is 13.2 Å². The molecule has 1 aliphatic rings.